The van der Waals surface area contributed by atoms with E-state index in [2.05, 4.69) is 22.9 Å². The molecule has 1 rings (SSSR count). The molecule has 1 aromatic heterocycles. The molecule has 0 saturated heterocycles. The highest BCUT2D eigenvalue weighted by Gasteiger charge is 2.05. The number of terminal acetylenes is 2. The summed E-state index contributed by atoms with van der Waals surface area (Å²) in [7, 11) is 0. The maximum atomic E-state index is 5.75. The van der Waals surface area contributed by atoms with Gasteiger partial charge in [0, 0.05) is 43.5 Å². The van der Waals surface area contributed by atoms with Crippen LogP contribution in [-0.4, -0.2) is 18.2 Å². The van der Waals surface area contributed by atoms with Crippen molar-refractivity contribution in [2.24, 2.45) is 0 Å². The molecule has 1 aromatic rings. The van der Waals surface area contributed by atoms with Crippen LogP contribution in [0.5, 0.6) is 0 Å². The van der Waals surface area contributed by atoms with Gasteiger partial charge < -0.3 is 9.47 Å². The molecule has 124 valence electrons. The molecule has 0 spiro atoms. The molecule has 0 saturated carbocycles. The summed E-state index contributed by atoms with van der Waals surface area (Å²) < 4.78 is 11.5. The number of pyridine rings is 1. The number of aromatic nitrogens is 1. The van der Waals surface area contributed by atoms with E-state index in [4.69, 9.17) is 22.3 Å². The Morgan fingerprint density at radius 3 is 2.04 bits per heavy atom. The number of ether oxygens (including phenoxy) is 2. The molecule has 0 aliphatic carbocycles. The molecule has 0 unspecified atom stereocenters. The Hall–Kier alpha value is -1.81. The van der Waals surface area contributed by atoms with Crippen molar-refractivity contribution in [2.45, 2.75) is 58.7 Å². The SMILES string of the molecule is C#CCCCCOCc1cnc(C)cc1COCCCCC#C. The molecular formula is C20H27NO2. The minimum atomic E-state index is 0.569. The summed E-state index contributed by atoms with van der Waals surface area (Å²) in [6, 6.07) is 2.07. The van der Waals surface area contributed by atoms with Gasteiger partial charge in [-0.25, -0.2) is 0 Å². The second kappa shape index (κ2) is 12.7. The molecule has 0 amide bonds. The number of hydrogen-bond donors (Lipinski definition) is 0. The molecular weight excluding hydrogens is 286 g/mol. The molecule has 0 bridgehead atoms. The quantitative estimate of drug-likeness (QED) is 0.431. The molecule has 0 N–H and O–H groups in total. The third-order valence-electron chi connectivity index (χ3n) is 3.45. The van der Waals surface area contributed by atoms with Crippen LogP contribution in [-0.2, 0) is 22.7 Å². The van der Waals surface area contributed by atoms with Gasteiger partial charge in [0.15, 0.2) is 0 Å². The maximum absolute atomic E-state index is 5.75. The summed E-state index contributed by atoms with van der Waals surface area (Å²) >= 11 is 0. The van der Waals surface area contributed by atoms with E-state index in [1.165, 1.54) is 0 Å². The molecule has 0 atom stereocenters. The van der Waals surface area contributed by atoms with Gasteiger partial charge in [0.05, 0.1) is 13.2 Å². The first-order chi connectivity index (χ1) is 11.3. The van der Waals surface area contributed by atoms with Gasteiger partial charge in [-0.3, -0.25) is 4.98 Å². The average molecular weight is 313 g/mol. The fraction of sp³-hybridized carbons (Fsp3) is 0.550. The highest BCUT2D eigenvalue weighted by molar-refractivity contribution is 5.25. The third-order valence-corrected chi connectivity index (χ3v) is 3.45. The first kappa shape index (κ1) is 19.2. The first-order valence-corrected chi connectivity index (χ1v) is 8.24. The van der Waals surface area contributed by atoms with Crippen molar-refractivity contribution in [1.82, 2.24) is 4.98 Å². The van der Waals surface area contributed by atoms with Crippen molar-refractivity contribution in [3.05, 3.63) is 29.1 Å². The monoisotopic (exact) mass is 313 g/mol. The van der Waals surface area contributed by atoms with Crippen LogP contribution >= 0.6 is 0 Å². The lowest BCUT2D eigenvalue weighted by Crippen LogP contribution is -2.04. The Bertz CT molecular complexity index is 525. The highest BCUT2D eigenvalue weighted by atomic mass is 16.5. The van der Waals surface area contributed by atoms with Gasteiger partial charge in [0.2, 0.25) is 0 Å². The zero-order valence-electron chi connectivity index (χ0n) is 14.1. The predicted octanol–water partition coefficient (Wildman–Crippen LogP) is 4.03. The second-order valence-electron chi connectivity index (χ2n) is 5.52. The Morgan fingerprint density at radius 1 is 0.913 bits per heavy atom. The van der Waals surface area contributed by atoms with E-state index in [-0.39, 0.29) is 0 Å². The fourth-order valence-corrected chi connectivity index (χ4v) is 2.14. The summed E-state index contributed by atoms with van der Waals surface area (Å²) in [5.41, 5.74) is 3.24. The summed E-state index contributed by atoms with van der Waals surface area (Å²) in [5.74, 6) is 5.28. The van der Waals surface area contributed by atoms with Crippen molar-refractivity contribution < 1.29 is 9.47 Å². The molecule has 1 heterocycles. The normalized spacial score (nSPS) is 10.2. The molecule has 0 radical (unpaired) electrons. The van der Waals surface area contributed by atoms with Gasteiger partial charge >= 0.3 is 0 Å². The number of nitrogens with zero attached hydrogens (tertiary/aromatic N) is 1. The Balaban J connectivity index is 2.34. The maximum Gasteiger partial charge on any atom is 0.0735 e. The molecule has 0 aromatic carbocycles. The van der Waals surface area contributed by atoms with Crippen LogP contribution in [0.15, 0.2) is 12.3 Å². The summed E-state index contributed by atoms with van der Waals surface area (Å²) in [5, 5.41) is 0. The van der Waals surface area contributed by atoms with Crippen LogP contribution in [0.4, 0.5) is 0 Å². The second-order valence-corrected chi connectivity index (χ2v) is 5.52. The van der Waals surface area contributed by atoms with E-state index < -0.39 is 0 Å². The fourth-order valence-electron chi connectivity index (χ4n) is 2.14. The van der Waals surface area contributed by atoms with E-state index in [9.17, 15) is 0 Å². The summed E-state index contributed by atoms with van der Waals surface area (Å²) in [6.45, 7) is 4.60. The predicted molar refractivity (Wildman–Crippen MR) is 93.7 cm³/mol. The lowest BCUT2D eigenvalue weighted by atomic mass is 10.1. The van der Waals surface area contributed by atoms with Crippen LogP contribution in [0.3, 0.4) is 0 Å². The Morgan fingerprint density at radius 2 is 1.48 bits per heavy atom. The smallest absolute Gasteiger partial charge is 0.0735 e. The van der Waals surface area contributed by atoms with E-state index in [0.717, 1.165) is 68.6 Å². The Labute approximate surface area is 140 Å². The standard InChI is InChI=1S/C20H27NO2/c1-4-6-8-10-12-22-16-19-14-18(3)21-15-20(19)17-23-13-11-9-7-5-2/h1-2,14-15H,6-13,16-17H2,3H3. The van der Waals surface area contributed by atoms with E-state index in [0.29, 0.717) is 13.2 Å². The molecule has 0 aliphatic heterocycles. The van der Waals surface area contributed by atoms with Crippen LogP contribution < -0.4 is 0 Å². The Kier molecular flexibility index (Phi) is 10.6. The van der Waals surface area contributed by atoms with Crippen molar-refractivity contribution in [3.8, 4) is 24.7 Å². The minimum Gasteiger partial charge on any atom is -0.377 e. The lowest BCUT2D eigenvalue weighted by molar-refractivity contribution is 0.104. The average Bonchev–Trinajstić information content (AvgIpc) is 2.55. The molecule has 0 fully saturated rings. The van der Waals surface area contributed by atoms with Gasteiger partial charge in [0.1, 0.15) is 0 Å². The minimum absolute atomic E-state index is 0.569. The van der Waals surface area contributed by atoms with Gasteiger partial charge in [-0.05, 0) is 44.2 Å². The van der Waals surface area contributed by atoms with E-state index >= 15 is 0 Å². The van der Waals surface area contributed by atoms with Crippen molar-refractivity contribution in [1.29, 1.82) is 0 Å². The van der Waals surface area contributed by atoms with Crippen LogP contribution in [0.2, 0.25) is 0 Å². The molecule has 23 heavy (non-hydrogen) atoms. The largest absolute Gasteiger partial charge is 0.377 e. The van der Waals surface area contributed by atoms with Gasteiger partial charge in [-0.1, -0.05) is 0 Å². The van der Waals surface area contributed by atoms with Gasteiger partial charge in [-0.15, -0.1) is 24.7 Å². The van der Waals surface area contributed by atoms with Crippen molar-refractivity contribution in [3.63, 3.8) is 0 Å². The van der Waals surface area contributed by atoms with Crippen LogP contribution in [0.25, 0.3) is 0 Å². The molecule has 3 nitrogen and oxygen atoms in total. The van der Waals surface area contributed by atoms with Gasteiger partial charge in [-0.2, -0.15) is 0 Å². The topological polar surface area (TPSA) is 31.4 Å². The number of unbranched alkanes of at least 4 members (excludes halogenated alkanes) is 4. The summed E-state index contributed by atoms with van der Waals surface area (Å²) in [4.78, 5) is 4.35. The zero-order valence-corrected chi connectivity index (χ0v) is 14.1. The zero-order chi connectivity index (χ0) is 16.8. The first-order valence-electron chi connectivity index (χ1n) is 8.24. The molecule has 3 heteroatoms. The van der Waals surface area contributed by atoms with E-state index in [1.807, 2.05) is 13.1 Å². The number of aryl methyl sites for hydroxylation is 1. The molecule has 0 aliphatic rings. The van der Waals surface area contributed by atoms with Crippen LogP contribution in [0, 0.1) is 31.6 Å². The number of rotatable bonds is 12. The van der Waals surface area contributed by atoms with E-state index in [1.54, 1.807) is 0 Å². The van der Waals surface area contributed by atoms with Gasteiger partial charge in [0.25, 0.3) is 0 Å². The third kappa shape index (κ3) is 9.04. The van der Waals surface area contributed by atoms with Crippen molar-refractivity contribution >= 4 is 0 Å². The highest BCUT2D eigenvalue weighted by Crippen LogP contribution is 2.13. The van der Waals surface area contributed by atoms with Crippen molar-refractivity contribution in [2.75, 3.05) is 13.2 Å². The number of hydrogen-bond acceptors (Lipinski definition) is 3. The lowest BCUT2D eigenvalue weighted by Gasteiger charge is -2.11. The van der Waals surface area contributed by atoms with Crippen LogP contribution in [0.1, 0.15) is 55.3 Å². The summed E-state index contributed by atoms with van der Waals surface area (Å²) in [6.07, 6.45) is 18.0.